The quantitative estimate of drug-likeness (QED) is 0.440. The van der Waals surface area contributed by atoms with Crippen LogP contribution in [0, 0.1) is 12.7 Å². The summed E-state index contributed by atoms with van der Waals surface area (Å²) in [6.45, 7) is 3.78. The third-order valence-corrected chi connectivity index (χ3v) is 5.62. The maximum atomic E-state index is 14.5. The topological polar surface area (TPSA) is 132 Å². The summed E-state index contributed by atoms with van der Waals surface area (Å²) in [5.74, 6) is -2.83. The number of carbonyl (C=O) groups excluding carboxylic acids is 2. The molecule has 3 aromatic heterocycles. The number of hydrogen-bond donors (Lipinski definition) is 3. The number of carbonyl (C=O) groups is 3. The highest BCUT2D eigenvalue weighted by Gasteiger charge is 2.38. The summed E-state index contributed by atoms with van der Waals surface area (Å²) < 4.78 is 47.9. The number of fused-ring (bicyclic) bond motifs is 2. The SMILES string of the molecule is Cc1cn2cc(NC(=O)N3CCc4c(N5CCNCC5=O)ccnc43)c(F)cc2n1.O=C(O)C(F)(F)F. The van der Waals surface area contributed by atoms with E-state index < -0.39 is 24.0 Å². The first-order chi connectivity index (χ1) is 17.5. The number of pyridine rings is 2. The molecule has 0 bridgehead atoms. The number of carboxylic acids is 1. The highest BCUT2D eigenvalue weighted by Crippen LogP contribution is 2.34. The fraction of sp³-hybridized carbons (Fsp3) is 0.318. The number of rotatable bonds is 2. The Morgan fingerprint density at radius 2 is 1.95 bits per heavy atom. The Balaban J connectivity index is 0.000000405. The Labute approximate surface area is 206 Å². The summed E-state index contributed by atoms with van der Waals surface area (Å²) >= 11 is 0. The summed E-state index contributed by atoms with van der Waals surface area (Å²) in [4.78, 5) is 45.9. The number of aliphatic carboxylic acids is 1. The first-order valence-electron chi connectivity index (χ1n) is 11.0. The zero-order chi connectivity index (χ0) is 26.9. The molecule has 1 saturated heterocycles. The lowest BCUT2D eigenvalue weighted by molar-refractivity contribution is -0.192. The van der Waals surface area contributed by atoms with Gasteiger partial charge in [0.2, 0.25) is 5.91 Å². The lowest BCUT2D eigenvalue weighted by atomic mass is 10.1. The van der Waals surface area contributed by atoms with E-state index in [2.05, 4.69) is 20.6 Å². The van der Waals surface area contributed by atoms with Gasteiger partial charge in [-0.1, -0.05) is 0 Å². The maximum absolute atomic E-state index is 14.5. The molecule has 3 amide bonds. The molecule has 5 rings (SSSR count). The largest absolute Gasteiger partial charge is 0.490 e. The minimum absolute atomic E-state index is 0.0106. The molecule has 0 saturated carbocycles. The highest BCUT2D eigenvalue weighted by atomic mass is 19.4. The summed E-state index contributed by atoms with van der Waals surface area (Å²) in [7, 11) is 0. The minimum atomic E-state index is -5.08. The number of halogens is 4. The Kier molecular flexibility index (Phi) is 6.98. The van der Waals surface area contributed by atoms with Gasteiger partial charge in [0.15, 0.2) is 5.82 Å². The van der Waals surface area contributed by atoms with Gasteiger partial charge in [-0.25, -0.2) is 23.9 Å². The summed E-state index contributed by atoms with van der Waals surface area (Å²) in [6, 6.07) is 2.62. The van der Waals surface area contributed by atoms with E-state index in [0.29, 0.717) is 37.5 Å². The Hall–Kier alpha value is -4.27. The number of alkyl halides is 3. The fourth-order valence-electron chi connectivity index (χ4n) is 4.00. The summed E-state index contributed by atoms with van der Waals surface area (Å²) in [6.07, 6.45) is 0.345. The van der Waals surface area contributed by atoms with E-state index in [0.717, 1.165) is 16.9 Å². The molecule has 0 aromatic carbocycles. The van der Waals surface area contributed by atoms with Crippen molar-refractivity contribution in [1.29, 1.82) is 0 Å². The number of aromatic nitrogens is 3. The van der Waals surface area contributed by atoms with Crippen LogP contribution in [-0.4, -0.2) is 69.7 Å². The van der Waals surface area contributed by atoms with Crippen LogP contribution in [0.25, 0.3) is 5.65 Å². The van der Waals surface area contributed by atoms with Gasteiger partial charge in [-0.15, -0.1) is 0 Å². The molecule has 37 heavy (non-hydrogen) atoms. The number of amides is 3. The molecule has 11 nitrogen and oxygen atoms in total. The van der Waals surface area contributed by atoms with Crippen LogP contribution in [0.5, 0.6) is 0 Å². The normalized spacial score (nSPS) is 15.3. The number of nitrogens with one attached hydrogen (secondary N) is 2. The van der Waals surface area contributed by atoms with Crippen LogP contribution in [0.3, 0.4) is 0 Å². The third-order valence-electron chi connectivity index (χ3n) is 5.62. The lowest BCUT2D eigenvalue weighted by Crippen LogP contribution is -2.48. The number of imidazole rings is 1. The van der Waals surface area contributed by atoms with Gasteiger partial charge in [-0.05, 0) is 19.4 Å². The average Bonchev–Trinajstić information content (AvgIpc) is 3.42. The van der Waals surface area contributed by atoms with E-state index in [-0.39, 0.29) is 18.1 Å². The molecule has 2 aliphatic heterocycles. The van der Waals surface area contributed by atoms with Crippen molar-refractivity contribution in [3.05, 3.63) is 47.8 Å². The molecule has 0 unspecified atom stereocenters. The second-order valence-electron chi connectivity index (χ2n) is 8.17. The van der Waals surface area contributed by atoms with Gasteiger partial charge in [0.05, 0.1) is 23.6 Å². The van der Waals surface area contributed by atoms with Crippen molar-refractivity contribution in [3.8, 4) is 0 Å². The van der Waals surface area contributed by atoms with Crippen molar-refractivity contribution in [2.24, 2.45) is 0 Å². The molecule has 1 fully saturated rings. The number of piperazine rings is 1. The van der Waals surface area contributed by atoms with Gasteiger partial charge < -0.3 is 25.0 Å². The zero-order valence-electron chi connectivity index (χ0n) is 19.3. The van der Waals surface area contributed by atoms with E-state index in [1.165, 1.54) is 17.2 Å². The van der Waals surface area contributed by atoms with Crippen LogP contribution in [0.1, 0.15) is 11.3 Å². The van der Waals surface area contributed by atoms with Gasteiger partial charge in [0.25, 0.3) is 0 Å². The predicted molar refractivity (Wildman–Crippen MR) is 123 cm³/mol. The van der Waals surface area contributed by atoms with Crippen LogP contribution in [0.2, 0.25) is 0 Å². The Bertz CT molecular complexity index is 1380. The number of anilines is 3. The summed E-state index contributed by atoms with van der Waals surface area (Å²) in [5.41, 5.74) is 2.92. The predicted octanol–water partition coefficient (Wildman–Crippen LogP) is 2.34. The standard InChI is InChI=1S/C20H20FN7O2.C2HF3O2/c1-12-10-26-11-15(14(21)8-17(26)24-12)25-20(30)28-6-3-13-16(2-4-23-19(13)28)27-7-5-22-9-18(27)29;3-2(4,5)1(6)7/h2,4,8,10-11,22H,3,5-7,9H2,1H3,(H,25,30);(H,6,7). The number of carboxylic acid groups (broad SMARTS) is 1. The monoisotopic (exact) mass is 523 g/mol. The van der Waals surface area contributed by atoms with Gasteiger partial charge in [0, 0.05) is 49.9 Å². The molecule has 3 aromatic rings. The van der Waals surface area contributed by atoms with Crippen molar-refractivity contribution in [2.75, 3.05) is 41.3 Å². The van der Waals surface area contributed by atoms with Crippen molar-refractivity contribution in [3.63, 3.8) is 0 Å². The lowest BCUT2D eigenvalue weighted by Gasteiger charge is -2.29. The fourth-order valence-corrected chi connectivity index (χ4v) is 4.00. The van der Waals surface area contributed by atoms with Crippen LogP contribution in [0.4, 0.5) is 39.5 Å². The third kappa shape index (κ3) is 5.45. The van der Waals surface area contributed by atoms with Crippen molar-refractivity contribution >= 4 is 40.7 Å². The van der Waals surface area contributed by atoms with Gasteiger partial charge in [-0.3, -0.25) is 9.69 Å². The Morgan fingerprint density at radius 3 is 2.62 bits per heavy atom. The molecule has 15 heteroatoms. The van der Waals surface area contributed by atoms with Gasteiger partial charge in [-0.2, -0.15) is 13.2 Å². The second kappa shape index (κ2) is 10.0. The van der Waals surface area contributed by atoms with Gasteiger partial charge in [0.1, 0.15) is 11.5 Å². The van der Waals surface area contributed by atoms with Crippen molar-refractivity contribution in [2.45, 2.75) is 19.5 Å². The van der Waals surface area contributed by atoms with E-state index in [1.807, 2.05) is 6.92 Å². The molecular formula is C22H21F4N7O4. The number of urea groups is 1. The van der Waals surface area contributed by atoms with E-state index in [1.54, 1.807) is 27.8 Å². The molecule has 0 spiro atoms. The maximum Gasteiger partial charge on any atom is 0.490 e. The summed E-state index contributed by atoms with van der Waals surface area (Å²) in [5, 5.41) is 12.8. The number of nitrogens with zero attached hydrogens (tertiary/aromatic N) is 5. The molecule has 2 aliphatic rings. The molecule has 0 atom stereocenters. The van der Waals surface area contributed by atoms with Crippen LogP contribution in [0.15, 0.2) is 30.7 Å². The van der Waals surface area contributed by atoms with Crippen molar-refractivity contribution < 1.29 is 37.1 Å². The number of aryl methyl sites for hydroxylation is 1. The molecular weight excluding hydrogens is 502 g/mol. The van der Waals surface area contributed by atoms with Crippen LogP contribution < -0.4 is 20.4 Å². The first kappa shape index (κ1) is 25.8. The average molecular weight is 523 g/mol. The van der Waals surface area contributed by atoms with E-state index >= 15 is 0 Å². The highest BCUT2D eigenvalue weighted by molar-refractivity contribution is 6.04. The molecule has 0 radical (unpaired) electrons. The second-order valence-corrected chi connectivity index (χ2v) is 8.17. The first-order valence-corrected chi connectivity index (χ1v) is 11.0. The molecule has 0 aliphatic carbocycles. The van der Waals surface area contributed by atoms with E-state index in [9.17, 15) is 27.2 Å². The van der Waals surface area contributed by atoms with Gasteiger partial charge >= 0.3 is 18.2 Å². The van der Waals surface area contributed by atoms with E-state index in [4.69, 9.17) is 9.90 Å². The smallest absolute Gasteiger partial charge is 0.475 e. The number of hydrogen-bond acceptors (Lipinski definition) is 6. The molecule has 196 valence electrons. The van der Waals surface area contributed by atoms with Crippen LogP contribution in [-0.2, 0) is 16.0 Å². The molecule has 5 heterocycles. The minimum Gasteiger partial charge on any atom is -0.475 e. The van der Waals surface area contributed by atoms with Crippen molar-refractivity contribution in [1.82, 2.24) is 19.7 Å². The molecule has 3 N–H and O–H groups in total. The zero-order valence-corrected chi connectivity index (χ0v) is 19.3. The Morgan fingerprint density at radius 1 is 1.22 bits per heavy atom. The van der Waals surface area contributed by atoms with Crippen LogP contribution >= 0.6 is 0 Å².